The number of para-hydroxylation sites is 1. The molecule has 1 atom stereocenters. The van der Waals surface area contributed by atoms with Crippen LogP contribution in [0.1, 0.15) is 29.8 Å². The largest absolute Gasteiger partial charge is 0.507 e. The number of benzene rings is 2. The van der Waals surface area contributed by atoms with Gasteiger partial charge >= 0.3 is 0 Å². The zero-order valence-electron chi connectivity index (χ0n) is 17.3. The fourth-order valence-corrected chi connectivity index (χ4v) is 3.76. The minimum Gasteiger partial charge on any atom is -0.507 e. The van der Waals surface area contributed by atoms with Gasteiger partial charge in [0, 0.05) is 17.4 Å². The van der Waals surface area contributed by atoms with E-state index in [-0.39, 0.29) is 11.3 Å². The van der Waals surface area contributed by atoms with Gasteiger partial charge in [0.2, 0.25) is 0 Å². The summed E-state index contributed by atoms with van der Waals surface area (Å²) < 4.78 is 5.45. The van der Waals surface area contributed by atoms with Gasteiger partial charge in [0.1, 0.15) is 17.6 Å². The molecule has 3 aromatic rings. The number of amides is 1. The number of carbonyl (C=O) groups is 2. The highest BCUT2D eigenvalue weighted by atomic mass is 16.5. The SMILES string of the molecule is CCOc1ccc(/C(O)=C2/C(=O)C(=O)N(c3ccccc3C)C2c2ccccn2)cc1. The van der Waals surface area contributed by atoms with E-state index < -0.39 is 17.7 Å². The number of pyridine rings is 1. The van der Waals surface area contributed by atoms with Crippen LogP contribution in [-0.4, -0.2) is 28.4 Å². The van der Waals surface area contributed by atoms with Crippen LogP contribution in [0.3, 0.4) is 0 Å². The second kappa shape index (κ2) is 8.44. The van der Waals surface area contributed by atoms with Gasteiger partial charge in [-0.3, -0.25) is 19.5 Å². The third-order valence-electron chi connectivity index (χ3n) is 5.23. The molecular weight excluding hydrogens is 392 g/mol. The van der Waals surface area contributed by atoms with Gasteiger partial charge in [0.15, 0.2) is 0 Å². The second-order valence-corrected chi connectivity index (χ2v) is 7.17. The molecule has 0 bridgehead atoms. The standard InChI is InChI=1S/C25H22N2O4/c1-3-31-18-13-11-17(12-14-18)23(28)21-22(19-9-6-7-15-26-19)27(25(30)24(21)29)20-10-5-4-8-16(20)2/h4-15,22,28H,3H2,1-2H3/b23-21-. The number of aryl methyl sites for hydroxylation is 1. The molecule has 0 spiro atoms. The summed E-state index contributed by atoms with van der Waals surface area (Å²) in [5, 5.41) is 11.1. The van der Waals surface area contributed by atoms with Gasteiger partial charge in [0.25, 0.3) is 11.7 Å². The van der Waals surface area contributed by atoms with Gasteiger partial charge in [-0.25, -0.2) is 0 Å². The molecule has 0 saturated carbocycles. The molecule has 1 fully saturated rings. The van der Waals surface area contributed by atoms with Crippen molar-refractivity contribution in [2.75, 3.05) is 11.5 Å². The first-order chi connectivity index (χ1) is 15.0. The smallest absolute Gasteiger partial charge is 0.300 e. The van der Waals surface area contributed by atoms with E-state index in [1.807, 2.05) is 32.0 Å². The molecule has 31 heavy (non-hydrogen) atoms. The monoisotopic (exact) mass is 414 g/mol. The third-order valence-corrected chi connectivity index (χ3v) is 5.23. The van der Waals surface area contributed by atoms with Gasteiger partial charge < -0.3 is 9.84 Å². The molecule has 1 aliphatic rings. The summed E-state index contributed by atoms with van der Waals surface area (Å²) in [5.41, 5.74) is 2.37. The van der Waals surface area contributed by atoms with Gasteiger partial charge in [-0.2, -0.15) is 0 Å². The van der Waals surface area contributed by atoms with Gasteiger partial charge in [-0.15, -0.1) is 0 Å². The van der Waals surface area contributed by atoms with E-state index >= 15 is 0 Å². The fraction of sp³-hybridized carbons (Fsp3) is 0.160. The summed E-state index contributed by atoms with van der Waals surface area (Å²) in [7, 11) is 0. The molecule has 6 nitrogen and oxygen atoms in total. The molecule has 1 unspecified atom stereocenters. The number of aliphatic hydroxyl groups is 1. The molecule has 1 amide bonds. The molecule has 4 rings (SSSR count). The maximum atomic E-state index is 13.1. The maximum absolute atomic E-state index is 13.1. The lowest BCUT2D eigenvalue weighted by Gasteiger charge is -2.26. The highest BCUT2D eigenvalue weighted by Gasteiger charge is 2.47. The summed E-state index contributed by atoms with van der Waals surface area (Å²) in [6.45, 7) is 4.27. The van der Waals surface area contributed by atoms with Crippen molar-refractivity contribution in [1.82, 2.24) is 4.98 Å². The predicted molar refractivity (Wildman–Crippen MR) is 118 cm³/mol. The number of aromatic nitrogens is 1. The van der Waals surface area contributed by atoms with Crippen molar-refractivity contribution in [3.63, 3.8) is 0 Å². The van der Waals surface area contributed by atoms with E-state index in [0.717, 1.165) is 5.56 Å². The molecule has 2 heterocycles. The van der Waals surface area contributed by atoms with E-state index in [4.69, 9.17) is 4.74 Å². The Hall–Kier alpha value is -3.93. The Balaban J connectivity index is 1.89. The third kappa shape index (κ3) is 3.68. The van der Waals surface area contributed by atoms with E-state index in [0.29, 0.717) is 29.3 Å². The predicted octanol–water partition coefficient (Wildman–Crippen LogP) is 4.42. The summed E-state index contributed by atoms with van der Waals surface area (Å²) in [6, 6.07) is 18.5. The molecule has 6 heteroatoms. The minimum atomic E-state index is -0.839. The number of nitrogens with zero attached hydrogens (tertiary/aromatic N) is 2. The number of rotatable bonds is 5. The Morgan fingerprint density at radius 3 is 2.39 bits per heavy atom. The van der Waals surface area contributed by atoms with Crippen molar-refractivity contribution in [2.24, 2.45) is 0 Å². The molecule has 0 radical (unpaired) electrons. The van der Waals surface area contributed by atoms with Crippen LogP contribution in [-0.2, 0) is 9.59 Å². The van der Waals surface area contributed by atoms with E-state index in [1.54, 1.807) is 54.7 Å². The van der Waals surface area contributed by atoms with E-state index in [9.17, 15) is 14.7 Å². The van der Waals surface area contributed by atoms with Crippen LogP contribution >= 0.6 is 0 Å². The molecule has 1 aromatic heterocycles. The Kier molecular flexibility index (Phi) is 5.54. The van der Waals surface area contributed by atoms with E-state index in [1.165, 1.54) is 4.90 Å². The van der Waals surface area contributed by atoms with Crippen molar-refractivity contribution in [3.8, 4) is 5.75 Å². The van der Waals surface area contributed by atoms with Gasteiger partial charge in [-0.05, 0) is 61.9 Å². The molecule has 2 aromatic carbocycles. The summed E-state index contributed by atoms with van der Waals surface area (Å²) >= 11 is 0. The fourth-order valence-electron chi connectivity index (χ4n) is 3.76. The van der Waals surface area contributed by atoms with Crippen LogP contribution in [0.15, 0.2) is 78.5 Å². The molecule has 156 valence electrons. The number of hydrogen-bond acceptors (Lipinski definition) is 5. The van der Waals surface area contributed by atoms with Crippen LogP contribution in [0.4, 0.5) is 5.69 Å². The number of aliphatic hydroxyl groups excluding tert-OH is 1. The molecule has 1 saturated heterocycles. The maximum Gasteiger partial charge on any atom is 0.300 e. The van der Waals surface area contributed by atoms with Crippen LogP contribution < -0.4 is 9.64 Å². The van der Waals surface area contributed by atoms with Gasteiger partial charge in [0.05, 0.1) is 17.9 Å². The van der Waals surface area contributed by atoms with Crippen LogP contribution in [0.5, 0.6) is 5.75 Å². The molecule has 1 N–H and O–H groups in total. The zero-order chi connectivity index (χ0) is 22.0. The Bertz CT molecular complexity index is 1150. The number of hydrogen-bond donors (Lipinski definition) is 1. The van der Waals surface area contributed by atoms with Crippen molar-refractivity contribution >= 4 is 23.1 Å². The topological polar surface area (TPSA) is 79.7 Å². The quantitative estimate of drug-likeness (QED) is 0.380. The minimum absolute atomic E-state index is 0.0103. The lowest BCUT2D eigenvalue weighted by atomic mass is 9.98. The summed E-state index contributed by atoms with van der Waals surface area (Å²) in [4.78, 5) is 32.0. The first-order valence-corrected chi connectivity index (χ1v) is 10.0. The summed E-state index contributed by atoms with van der Waals surface area (Å²) in [5.74, 6) is -1.03. The van der Waals surface area contributed by atoms with Crippen LogP contribution in [0, 0.1) is 6.92 Å². The van der Waals surface area contributed by atoms with Crippen LogP contribution in [0.2, 0.25) is 0 Å². The normalized spacial score (nSPS) is 17.7. The molecule has 0 aliphatic carbocycles. The van der Waals surface area contributed by atoms with Crippen molar-refractivity contribution in [3.05, 3.63) is 95.3 Å². The number of Topliss-reactive ketones (excluding diaryl/α,β-unsaturated/α-hetero) is 1. The molecule has 1 aliphatic heterocycles. The average molecular weight is 414 g/mol. The van der Waals surface area contributed by atoms with Gasteiger partial charge in [-0.1, -0.05) is 24.3 Å². The number of anilines is 1. The summed E-state index contributed by atoms with van der Waals surface area (Å²) in [6.07, 6.45) is 1.60. The number of ether oxygens (including phenoxy) is 1. The Morgan fingerprint density at radius 2 is 1.74 bits per heavy atom. The van der Waals surface area contributed by atoms with E-state index in [2.05, 4.69) is 4.98 Å². The molecular formula is C25H22N2O4. The highest BCUT2D eigenvalue weighted by molar-refractivity contribution is 6.51. The van der Waals surface area contributed by atoms with Crippen molar-refractivity contribution in [2.45, 2.75) is 19.9 Å². The van der Waals surface area contributed by atoms with Crippen molar-refractivity contribution < 1.29 is 19.4 Å². The number of ketones is 1. The zero-order valence-corrected chi connectivity index (χ0v) is 17.3. The lowest BCUT2D eigenvalue weighted by Crippen LogP contribution is -2.30. The number of carbonyl (C=O) groups excluding carboxylic acids is 2. The average Bonchev–Trinajstić information content (AvgIpc) is 3.05. The Morgan fingerprint density at radius 1 is 1.03 bits per heavy atom. The van der Waals surface area contributed by atoms with Crippen LogP contribution in [0.25, 0.3) is 5.76 Å². The highest BCUT2D eigenvalue weighted by Crippen LogP contribution is 2.42. The first kappa shape index (κ1) is 20.3. The van der Waals surface area contributed by atoms with Crippen molar-refractivity contribution in [1.29, 1.82) is 0 Å². The second-order valence-electron chi connectivity index (χ2n) is 7.17. The Labute approximate surface area is 180 Å². The lowest BCUT2D eigenvalue weighted by molar-refractivity contribution is -0.132. The first-order valence-electron chi connectivity index (χ1n) is 10.0.